The highest BCUT2D eigenvalue weighted by molar-refractivity contribution is 6.30. The minimum absolute atomic E-state index is 0.114. The van der Waals surface area contributed by atoms with E-state index in [9.17, 15) is 9.59 Å². The number of aryl methyl sites for hydroxylation is 1. The number of piperidine rings is 1. The second-order valence-corrected chi connectivity index (χ2v) is 6.63. The van der Waals surface area contributed by atoms with Crippen molar-refractivity contribution >= 4 is 29.1 Å². The molecule has 0 radical (unpaired) electrons. The van der Waals surface area contributed by atoms with Crippen LogP contribution < -0.4 is 5.32 Å². The van der Waals surface area contributed by atoms with Crippen LogP contribution in [0.15, 0.2) is 36.5 Å². The van der Waals surface area contributed by atoms with E-state index in [2.05, 4.69) is 10.3 Å². The van der Waals surface area contributed by atoms with Gasteiger partial charge in [-0.25, -0.2) is 0 Å². The number of amides is 2. The fourth-order valence-electron chi connectivity index (χ4n) is 2.91. The van der Waals surface area contributed by atoms with Crippen molar-refractivity contribution in [2.45, 2.75) is 26.2 Å². The SMILES string of the molecule is Cc1cc(Cl)ccc1NC(=O)c1ccnc(C(=O)N2CCCCC2)c1. The van der Waals surface area contributed by atoms with Gasteiger partial charge < -0.3 is 10.2 Å². The van der Waals surface area contributed by atoms with Crippen molar-refractivity contribution in [3.8, 4) is 0 Å². The summed E-state index contributed by atoms with van der Waals surface area (Å²) in [6.45, 7) is 3.38. The van der Waals surface area contributed by atoms with E-state index in [1.165, 1.54) is 6.20 Å². The number of pyridine rings is 1. The number of nitrogens with one attached hydrogen (secondary N) is 1. The van der Waals surface area contributed by atoms with Gasteiger partial charge in [-0.2, -0.15) is 0 Å². The third-order valence-corrected chi connectivity index (χ3v) is 4.56. The number of carbonyl (C=O) groups excluding carboxylic acids is 2. The molecule has 1 saturated heterocycles. The minimum atomic E-state index is -0.277. The lowest BCUT2D eigenvalue weighted by Crippen LogP contribution is -2.36. The van der Waals surface area contributed by atoms with Crippen LogP contribution in [0.4, 0.5) is 5.69 Å². The van der Waals surface area contributed by atoms with Crippen LogP contribution in [0.25, 0.3) is 0 Å². The molecule has 1 aromatic carbocycles. The van der Waals surface area contributed by atoms with E-state index in [-0.39, 0.29) is 11.8 Å². The standard InChI is InChI=1S/C19H20ClN3O2/c1-13-11-15(20)5-6-16(13)22-18(24)14-7-8-21-17(12-14)19(25)23-9-3-2-4-10-23/h5-8,11-12H,2-4,9-10H2,1H3,(H,22,24). The van der Waals surface area contributed by atoms with Crippen LogP contribution in [0, 0.1) is 6.92 Å². The van der Waals surface area contributed by atoms with Gasteiger partial charge in [0, 0.05) is 35.6 Å². The van der Waals surface area contributed by atoms with Crippen molar-refractivity contribution in [2.24, 2.45) is 0 Å². The van der Waals surface area contributed by atoms with E-state index in [0.717, 1.165) is 37.9 Å². The van der Waals surface area contributed by atoms with Crippen molar-refractivity contribution in [2.75, 3.05) is 18.4 Å². The van der Waals surface area contributed by atoms with Crippen LogP contribution in [0.3, 0.4) is 0 Å². The Morgan fingerprint density at radius 2 is 1.88 bits per heavy atom. The Balaban J connectivity index is 1.76. The maximum Gasteiger partial charge on any atom is 0.272 e. The summed E-state index contributed by atoms with van der Waals surface area (Å²) >= 11 is 5.94. The lowest BCUT2D eigenvalue weighted by atomic mass is 10.1. The number of aromatic nitrogens is 1. The smallest absolute Gasteiger partial charge is 0.272 e. The molecule has 1 N–H and O–H groups in total. The predicted octanol–water partition coefficient (Wildman–Crippen LogP) is 3.92. The molecule has 1 fully saturated rings. The number of anilines is 1. The van der Waals surface area contributed by atoms with Crippen LogP contribution >= 0.6 is 11.6 Å². The molecule has 1 aliphatic rings. The summed E-state index contributed by atoms with van der Waals surface area (Å²) in [5, 5.41) is 3.47. The average molecular weight is 358 g/mol. The van der Waals surface area contributed by atoms with Gasteiger partial charge in [0.05, 0.1) is 0 Å². The topological polar surface area (TPSA) is 62.3 Å². The van der Waals surface area contributed by atoms with E-state index in [1.54, 1.807) is 35.2 Å². The Morgan fingerprint density at radius 3 is 2.60 bits per heavy atom. The number of nitrogens with zero attached hydrogens (tertiary/aromatic N) is 2. The minimum Gasteiger partial charge on any atom is -0.337 e. The van der Waals surface area contributed by atoms with E-state index in [1.807, 2.05) is 6.92 Å². The van der Waals surface area contributed by atoms with Crippen LogP contribution in [0.1, 0.15) is 45.7 Å². The fourth-order valence-corrected chi connectivity index (χ4v) is 3.14. The highest BCUT2D eigenvalue weighted by Gasteiger charge is 2.20. The molecule has 2 amide bonds. The van der Waals surface area contributed by atoms with Gasteiger partial charge in [0.25, 0.3) is 11.8 Å². The molecule has 0 saturated carbocycles. The number of rotatable bonds is 3. The molecule has 2 aromatic rings. The molecule has 0 aliphatic carbocycles. The lowest BCUT2D eigenvalue weighted by Gasteiger charge is -2.26. The molecule has 1 aromatic heterocycles. The number of carbonyl (C=O) groups is 2. The first-order valence-electron chi connectivity index (χ1n) is 8.37. The summed E-state index contributed by atoms with van der Waals surface area (Å²) in [6, 6.07) is 8.43. The summed E-state index contributed by atoms with van der Waals surface area (Å²) in [5.74, 6) is -0.391. The summed E-state index contributed by atoms with van der Waals surface area (Å²) in [7, 11) is 0. The number of hydrogen-bond acceptors (Lipinski definition) is 3. The largest absolute Gasteiger partial charge is 0.337 e. The number of halogens is 1. The Hall–Kier alpha value is -2.40. The average Bonchev–Trinajstić information content (AvgIpc) is 2.64. The molecule has 2 heterocycles. The molecule has 1 aliphatic heterocycles. The molecule has 0 unspecified atom stereocenters. The van der Waals surface area contributed by atoms with Gasteiger partial charge in [-0.05, 0) is 62.1 Å². The van der Waals surface area contributed by atoms with Crippen molar-refractivity contribution in [1.29, 1.82) is 0 Å². The monoisotopic (exact) mass is 357 g/mol. The molecular weight excluding hydrogens is 338 g/mol. The molecule has 25 heavy (non-hydrogen) atoms. The first-order chi connectivity index (χ1) is 12.0. The first-order valence-corrected chi connectivity index (χ1v) is 8.75. The van der Waals surface area contributed by atoms with E-state index in [4.69, 9.17) is 11.6 Å². The van der Waals surface area contributed by atoms with E-state index < -0.39 is 0 Å². The number of likely N-dealkylation sites (tertiary alicyclic amines) is 1. The van der Waals surface area contributed by atoms with Crippen molar-refractivity contribution in [1.82, 2.24) is 9.88 Å². The molecule has 6 heteroatoms. The number of hydrogen-bond donors (Lipinski definition) is 1. The van der Waals surface area contributed by atoms with Gasteiger partial charge in [0.15, 0.2) is 0 Å². The summed E-state index contributed by atoms with van der Waals surface area (Å²) in [5.41, 5.74) is 2.28. The van der Waals surface area contributed by atoms with Crippen molar-refractivity contribution < 1.29 is 9.59 Å². The van der Waals surface area contributed by atoms with Gasteiger partial charge >= 0.3 is 0 Å². The third kappa shape index (κ3) is 4.17. The molecule has 3 rings (SSSR count). The second kappa shape index (κ2) is 7.66. The van der Waals surface area contributed by atoms with Crippen LogP contribution in [0.2, 0.25) is 5.02 Å². The van der Waals surface area contributed by atoms with Gasteiger partial charge in [-0.1, -0.05) is 11.6 Å². The molecule has 0 bridgehead atoms. The molecule has 5 nitrogen and oxygen atoms in total. The Kier molecular flexibility index (Phi) is 5.34. The maximum absolute atomic E-state index is 12.5. The van der Waals surface area contributed by atoms with Crippen molar-refractivity contribution in [3.63, 3.8) is 0 Å². The third-order valence-electron chi connectivity index (χ3n) is 4.32. The second-order valence-electron chi connectivity index (χ2n) is 6.20. The maximum atomic E-state index is 12.5. The summed E-state index contributed by atoms with van der Waals surface area (Å²) in [4.78, 5) is 31.0. The van der Waals surface area contributed by atoms with Gasteiger partial charge in [-0.3, -0.25) is 14.6 Å². The van der Waals surface area contributed by atoms with Crippen LogP contribution in [0.5, 0.6) is 0 Å². The zero-order chi connectivity index (χ0) is 17.8. The normalized spacial score (nSPS) is 14.2. The fraction of sp³-hybridized carbons (Fsp3) is 0.316. The van der Waals surface area contributed by atoms with Crippen molar-refractivity contribution in [3.05, 3.63) is 58.4 Å². The molecule has 0 atom stereocenters. The zero-order valence-electron chi connectivity index (χ0n) is 14.1. The summed E-state index contributed by atoms with van der Waals surface area (Å²) in [6.07, 6.45) is 4.68. The van der Waals surface area contributed by atoms with Gasteiger partial charge in [-0.15, -0.1) is 0 Å². The highest BCUT2D eigenvalue weighted by Crippen LogP contribution is 2.20. The first kappa shape index (κ1) is 17.4. The molecule has 130 valence electrons. The quantitative estimate of drug-likeness (QED) is 0.905. The zero-order valence-corrected chi connectivity index (χ0v) is 14.8. The van der Waals surface area contributed by atoms with E-state index in [0.29, 0.717) is 22.0 Å². The van der Waals surface area contributed by atoms with E-state index >= 15 is 0 Å². The molecule has 0 spiro atoms. The highest BCUT2D eigenvalue weighted by atomic mass is 35.5. The Bertz CT molecular complexity index is 801. The summed E-state index contributed by atoms with van der Waals surface area (Å²) < 4.78 is 0. The van der Waals surface area contributed by atoms with Crippen LogP contribution in [-0.4, -0.2) is 34.8 Å². The van der Waals surface area contributed by atoms with Gasteiger partial charge in [0.1, 0.15) is 5.69 Å². The molecular formula is C19H20ClN3O2. The lowest BCUT2D eigenvalue weighted by molar-refractivity contribution is 0.0718. The Morgan fingerprint density at radius 1 is 1.12 bits per heavy atom. The number of benzene rings is 1. The van der Waals surface area contributed by atoms with Gasteiger partial charge in [0.2, 0.25) is 0 Å². The predicted molar refractivity (Wildman–Crippen MR) is 98.1 cm³/mol. The van der Waals surface area contributed by atoms with Crippen LogP contribution in [-0.2, 0) is 0 Å². The Labute approximate surface area is 152 Å².